The molecule has 0 radical (unpaired) electrons. The molecule has 15 heavy (non-hydrogen) atoms. The molecule has 0 aromatic rings. The van der Waals surface area contributed by atoms with Crippen LogP contribution in [-0.2, 0) is 4.74 Å². The number of hydrogen-bond acceptors (Lipinski definition) is 4. The van der Waals surface area contributed by atoms with Crippen molar-refractivity contribution < 1.29 is 9.53 Å². The lowest BCUT2D eigenvalue weighted by atomic mass is 10.2. The fourth-order valence-corrected chi connectivity index (χ4v) is 1.67. The van der Waals surface area contributed by atoms with Crippen LogP contribution < -0.4 is 5.73 Å². The van der Waals surface area contributed by atoms with Gasteiger partial charge < -0.3 is 20.3 Å². The van der Waals surface area contributed by atoms with Crippen LogP contribution in [0.4, 0.5) is 4.79 Å². The minimum atomic E-state index is -0.188. The Kier molecular flexibility index (Phi) is 4.84. The predicted molar refractivity (Wildman–Crippen MR) is 58.7 cm³/mol. The third-order valence-corrected chi connectivity index (χ3v) is 2.47. The largest absolute Gasteiger partial charge is 0.444 e. The number of nitrogens with two attached hydrogens (primary N) is 1. The molecule has 1 rings (SSSR count). The zero-order valence-electron chi connectivity index (χ0n) is 9.61. The molecule has 1 saturated heterocycles. The van der Waals surface area contributed by atoms with Crippen LogP contribution in [0.3, 0.4) is 0 Å². The first kappa shape index (κ1) is 12.3. The Bertz CT molecular complexity index is 209. The standard InChI is InChI=1S/C10H21N3O2/c1-12(2)6-3-7-13-8-9(4-5-11)15-10(13)14/h9H,3-8,11H2,1-2H3. The molecule has 0 saturated carbocycles. The molecule has 5 heteroatoms. The Hall–Kier alpha value is -0.810. The van der Waals surface area contributed by atoms with Gasteiger partial charge in [0.1, 0.15) is 6.10 Å². The van der Waals surface area contributed by atoms with Crippen molar-refractivity contribution in [3.8, 4) is 0 Å². The molecule has 2 N–H and O–H groups in total. The summed E-state index contributed by atoms with van der Waals surface area (Å²) in [6.45, 7) is 3.04. The third-order valence-electron chi connectivity index (χ3n) is 2.47. The average Bonchev–Trinajstić information content (AvgIpc) is 2.47. The Morgan fingerprint density at radius 2 is 2.33 bits per heavy atom. The van der Waals surface area contributed by atoms with Gasteiger partial charge in [0.15, 0.2) is 0 Å². The SMILES string of the molecule is CN(C)CCCN1CC(CCN)OC1=O. The fourth-order valence-electron chi connectivity index (χ4n) is 1.67. The number of cyclic esters (lactones) is 1. The quantitative estimate of drug-likeness (QED) is 0.683. The molecule has 5 nitrogen and oxygen atoms in total. The molecule has 1 heterocycles. The van der Waals surface area contributed by atoms with Crippen molar-refractivity contribution in [2.24, 2.45) is 5.73 Å². The van der Waals surface area contributed by atoms with Crippen LogP contribution in [-0.4, -0.2) is 62.3 Å². The maximum absolute atomic E-state index is 11.4. The van der Waals surface area contributed by atoms with E-state index in [-0.39, 0.29) is 12.2 Å². The lowest BCUT2D eigenvalue weighted by Crippen LogP contribution is -2.29. The summed E-state index contributed by atoms with van der Waals surface area (Å²) in [4.78, 5) is 15.3. The van der Waals surface area contributed by atoms with Crippen molar-refractivity contribution in [3.05, 3.63) is 0 Å². The lowest BCUT2D eigenvalue weighted by molar-refractivity contribution is 0.129. The molecule has 88 valence electrons. The van der Waals surface area contributed by atoms with Crippen LogP contribution in [0.5, 0.6) is 0 Å². The van der Waals surface area contributed by atoms with Crippen molar-refractivity contribution in [3.63, 3.8) is 0 Å². The first-order valence-electron chi connectivity index (χ1n) is 5.44. The Morgan fingerprint density at radius 1 is 1.60 bits per heavy atom. The molecule has 1 aliphatic rings. The summed E-state index contributed by atoms with van der Waals surface area (Å²) in [5.74, 6) is 0. The molecule has 1 fully saturated rings. The number of amides is 1. The highest BCUT2D eigenvalue weighted by atomic mass is 16.6. The summed E-state index contributed by atoms with van der Waals surface area (Å²) in [5.41, 5.74) is 5.42. The van der Waals surface area contributed by atoms with E-state index in [4.69, 9.17) is 10.5 Å². The second-order valence-corrected chi connectivity index (χ2v) is 4.19. The van der Waals surface area contributed by atoms with Crippen molar-refractivity contribution in [1.82, 2.24) is 9.80 Å². The highest BCUT2D eigenvalue weighted by Crippen LogP contribution is 2.13. The fraction of sp³-hybridized carbons (Fsp3) is 0.900. The first-order valence-corrected chi connectivity index (χ1v) is 5.44. The van der Waals surface area contributed by atoms with Gasteiger partial charge in [0, 0.05) is 6.54 Å². The minimum Gasteiger partial charge on any atom is -0.444 e. The van der Waals surface area contributed by atoms with E-state index < -0.39 is 0 Å². The topological polar surface area (TPSA) is 58.8 Å². The molecule has 1 aliphatic heterocycles. The average molecular weight is 215 g/mol. The van der Waals surface area contributed by atoms with Crippen LogP contribution in [0.2, 0.25) is 0 Å². The summed E-state index contributed by atoms with van der Waals surface area (Å²) in [6, 6.07) is 0. The summed E-state index contributed by atoms with van der Waals surface area (Å²) >= 11 is 0. The van der Waals surface area contributed by atoms with E-state index in [1.54, 1.807) is 4.90 Å². The van der Waals surface area contributed by atoms with Crippen LogP contribution in [0.15, 0.2) is 0 Å². The minimum absolute atomic E-state index is 0.00172. The zero-order chi connectivity index (χ0) is 11.3. The predicted octanol–water partition coefficient (Wildman–Crippen LogP) is 0.108. The van der Waals surface area contributed by atoms with Gasteiger partial charge in [0.2, 0.25) is 0 Å². The van der Waals surface area contributed by atoms with Crippen molar-refractivity contribution in [1.29, 1.82) is 0 Å². The van der Waals surface area contributed by atoms with Crippen molar-refractivity contribution in [2.45, 2.75) is 18.9 Å². The van der Waals surface area contributed by atoms with Crippen LogP contribution in [0.25, 0.3) is 0 Å². The van der Waals surface area contributed by atoms with Gasteiger partial charge in [-0.05, 0) is 40.0 Å². The van der Waals surface area contributed by atoms with E-state index in [1.165, 1.54) is 0 Å². The highest BCUT2D eigenvalue weighted by Gasteiger charge is 2.29. The summed E-state index contributed by atoms with van der Waals surface area (Å²) in [5, 5.41) is 0. The zero-order valence-corrected chi connectivity index (χ0v) is 9.61. The maximum Gasteiger partial charge on any atom is 0.410 e. The highest BCUT2D eigenvalue weighted by molar-refractivity contribution is 5.69. The first-order chi connectivity index (χ1) is 7.13. The van der Waals surface area contributed by atoms with E-state index in [0.717, 1.165) is 25.9 Å². The van der Waals surface area contributed by atoms with E-state index >= 15 is 0 Å². The molecule has 0 spiro atoms. The van der Waals surface area contributed by atoms with Gasteiger partial charge in [-0.1, -0.05) is 0 Å². The van der Waals surface area contributed by atoms with Crippen LogP contribution >= 0.6 is 0 Å². The molecular formula is C10H21N3O2. The van der Waals surface area contributed by atoms with Gasteiger partial charge in [-0.15, -0.1) is 0 Å². The number of nitrogens with zero attached hydrogens (tertiary/aromatic N) is 2. The van der Waals surface area contributed by atoms with E-state index in [9.17, 15) is 4.79 Å². The van der Waals surface area contributed by atoms with Crippen LogP contribution in [0, 0.1) is 0 Å². The van der Waals surface area contributed by atoms with Crippen molar-refractivity contribution in [2.75, 3.05) is 40.3 Å². The Morgan fingerprint density at radius 3 is 2.93 bits per heavy atom. The van der Waals surface area contributed by atoms with Crippen LogP contribution in [0.1, 0.15) is 12.8 Å². The monoisotopic (exact) mass is 215 g/mol. The number of carbonyl (C=O) groups excluding carboxylic acids is 1. The normalized spacial score (nSPS) is 21.2. The molecule has 1 unspecified atom stereocenters. The number of ether oxygens (including phenoxy) is 1. The van der Waals surface area contributed by atoms with Crippen molar-refractivity contribution >= 4 is 6.09 Å². The van der Waals surface area contributed by atoms with Gasteiger partial charge in [-0.3, -0.25) is 0 Å². The lowest BCUT2D eigenvalue weighted by Gasteiger charge is -2.14. The summed E-state index contributed by atoms with van der Waals surface area (Å²) in [6.07, 6.45) is 1.56. The Balaban J connectivity index is 2.22. The van der Waals surface area contributed by atoms with Gasteiger partial charge in [0.25, 0.3) is 0 Å². The summed E-state index contributed by atoms with van der Waals surface area (Å²) < 4.78 is 5.17. The molecule has 0 aromatic carbocycles. The second kappa shape index (κ2) is 5.92. The number of rotatable bonds is 6. The molecule has 1 amide bonds. The molecular weight excluding hydrogens is 194 g/mol. The van der Waals surface area contributed by atoms with Gasteiger partial charge in [-0.2, -0.15) is 0 Å². The summed E-state index contributed by atoms with van der Waals surface area (Å²) in [7, 11) is 4.05. The molecule has 1 atom stereocenters. The molecule has 0 bridgehead atoms. The Labute approximate surface area is 91.2 Å². The van der Waals surface area contributed by atoms with Gasteiger partial charge >= 0.3 is 6.09 Å². The number of hydrogen-bond donors (Lipinski definition) is 1. The van der Waals surface area contributed by atoms with Gasteiger partial charge in [-0.25, -0.2) is 4.79 Å². The molecule has 0 aromatic heterocycles. The number of carbonyl (C=O) groups is 1. The van der Waals surface area contributed by atoms with E-state index in [0.29, 0.717) is 13.1 Å². The third kappa shape index (κ3) is 4.05. The molecule has 0 aliphatic carbocycles. The second-order valence-electron chi connectivity index (χ2n) is 4.19. The van der Waals surface area contributed by atoms with E-state index in [1.807, 2.05) is 14.1 Å². The van der Waals surface area contributed by atoms with Gasteiger partial charge in [0.05, 0.1) is 6.54 Å². The van der Waals surface area contributed by atoms with E-state index in [2.05, 4.69) is 4.90 Å². The smallest absolute Gasteiger partial charge is 0.410 e. The maximum atomic E-state index is 11.4.